The number of pyridine rings is 1. The molecule has 4 rings (SSSR count). The summed E-state index contributed by atoms with van der Waals surface area (Å²) in [6.45, 7) is 4.97. The summed E-state index contributed by atoms with van der Waals surface area (Å²) < 4.78 is 2.13. The molecule has 0 saturated heterocycles. The third kappa shape index (κ3) is 3.70. The Morgan fingerprint density at radius 2 is 1.85 bits per heavy atom. The number of thioether (sulfide) groups is 1. The molecule has 0 unspecified atom stereocenters. The van der Waals surface area contributed by atoms with Gasteiger partial charge in [-0.25, -0.2) is 4.98 Å². The zero-order chi connectivity index (χ0) is 18.8. The number of benzene rings is 2. The summed E-state index contributed by atoms with van der Waals surface area (Å²) in [5.74, 6) is 1.58. The van der Waals surface area contributed by atoms with Gasteiger partial charge in [0, 0.05) is 28.8 Å². The molecule has 0 aliphatic rings. The fraction of sp³-hybridized carbons (Fsp3) is 0.190. The van der Waals surface area contributed by atoms with Gasteiger partial charge >= 0.3 is 0 Å². The van der Waals surface area contributed by atoms with E-state index in [4.69, 9.17) is 11.6 Å². The molecule has 0 saturated carbocycles. The number of rotatable bonds is 5. The van der Waals surface area contributed by atoms with E-state index in [1.54, 1.807) is 11.8 Å². The summed E-state index contributed by atoms with van der Waals surface area (Å²) in [6, 6.07) is 18.5. The van der Waals surface area contributed by atoms with Crippen molar-refractivity contribution in [1.29, 1.82) is 0 Å². The standard InChI is InChI=1S/C21H19ClN4S/c1-3-26-20(15-7-5-4-6-8-15)24-25-21(26)27-13-17-12-16-10-9-14(2)11-18(16)23-19(17)22/h4-12H,3,13H2,1-2H3. The van der Waals surface area contributed by atoms with Crippen LogP contribution in [0.25, 0.3) is 22.3 Å². The fourth-order valence-corrected chi connectivity index (χ4v) is 4.29. The fourth-order valence-electron chi connectivity index (χ4n) is 3.02. The van der Waals surface area contributed by atoms with E-state index in [-0.39, 0.29) is 0 Å². The molecule has 27 heavy (non-hydrogen) atoms. The number of fused-ring (bicyclic) bond motifs is 1. The molecule has 0 spiro atoms. The van der Waals surface area contributed by atoms with Gasteiger partial charge in [0.2, 0.25) is 0 Å². The first-order chi connectivity index (χ1) is 13.2. The van der Waals surface area contributed by atoms with Crippen LogP contribution in [0.2, 0.25) is 5.15 Å². The third-order valence-electron chi connectivity index (χ3n) is 4.42. The first-order valence-corrected chi connectivity index (χ1v) is 10.2. The highest BCUT2D eigenvalue weighted by Crippen LogP contribution is 2.30. The van der Waals surface area contributed by atoms with Gasteiger partial charge < -0.3 is 4.57 Å². The smallest absolute Gasteiger partial charge is 0.191 e. The summed E-state index contributed by atoms with van der Waals surface area (Å²) in [6.07, 6.45) is 0. The molecular formula is C21H19ClN4S. The van der Waals surface area contributed by atoms with Crippen molar-refractivity contribution in [3.8, 4) is 11.4 Å². The van der Waals surface area contributed by atoms with Crippen molar-refractivity contribution in [1.82, 2.24) is 19.7 Å². The molecule has 4 nitrogen and oxygen atoms in total. The van der Waals surface area contributed by atoms with Crippen LogP contribution in [0.3, 0.4) is 0 Å². The van der Waals surface area contributed by atoms with Gasteiger partial charge in [0.1, 0.15) is 5.15 Å². The van der Waals surface area contributed by atoms with Crippen molar-refractivity contribution < 1.29 is 0 Å². The Kier molecular flexibility index (Phi) is 5.14. The molecule has 2 aromatic carbocycles. The lowest BCUT2D eigenvalue weighted by atomic mass is 10.1. The van der Waals surface area contributed by atoms with Crippen LogP contribution in [0.15, 0.2) is 59.8 Å². The molecule has 0 aliphatic carbocycles. The molecule has 2 aromatic heterocycles. The zero-order valence-electron chi connectivity index (χ0n) is 15.2. The molecule has 136 valence electrons. The Morgan fingerprint density at radius 3 is 2.63 bits per heavy atom. The Morgan fingerprint density at radius 1 is 1.04 bits per heavy atom. The van der Waals surface area contributed by atoms with Crippen LogP contribution < -0.4 is 0 Å². The predicted octanol–water partition coefficient (Wildman–Crippen LogP) is 5.77. The summed E-state index contributed by atoms with van der Waals surface area (Å²) in [4.78, 5) is 4.55. The highest BCUT2D eigenvalue weighted by molar-refractivity contribution is 7.98. The second-order valence-corrected chi connectivity index (χ2v) is 7.64. The molecule has 2 heterocycles. The molecule has 0 fully saturated rings. The lowest BCUT2D eigenvalue weighted by Crippen LogP contribution is -2.00. The first kappa shape index (κ1) is 18.0. The SMILES string of the molecule is CCn1c(SCc2cc3ccc(C)cc3nc2Cl)nnc1-c1ccccc1. The average Bonchev–Trinajstić information content (AvgIpc) is 3.10. The van der Waals surface area contributed by atoms with Crippen molar-refractivity contribution >= 4 is 34.3 Å². The summed E-state index contributed by atoms with van der Waals surface area (Å²) in [7, 11) is 0. The van der Waals surface area contributed by atoms with Gasteiger partial charge in [-0.15, -0.1) is 10.2 Å². The van der Waals surface area contributed by atoms with Crippen molar-refractivity contribution in [2.24, 2.45) is 0 Å². The molecular weight excluding hydrogens is 376 g/mol. The van der Waals surface area contributed by atoms with Crippen molar-refractivity contribution in [3.05, 3.63) is 70.9 Å². The number of hydrogen-bond donors (Lipinski definition) is 0. The Bertz CT molecular complexity index is 1090. The number of aryl methyl sites for hydroxylation is 1. The van der Waals surface area contributed by atoms with E-state index in [0.29, 0.717) is 10.9 Å². The summed E-state index contributed by atoms with van der Waals surface area (Å²) in [5.41, 5.74) is 4.18. The van der Waals surface area contributed by atoms with E-state index >= 15 is 0 Å². The van der Waals surface area contributed by atoms with E-state index in [0.717, 1.165) is 39.6 Å². The van der Waals surface area contributed by atoms with Gasteiger partial charge in [-0.1, -0.05) is 65.8 Å². The molecule has 0 radical (unpaired) electrons. The second-order valence-electron chi connectivity index (χ2n) is 6.34. The normalized spacial score (nSPS) is 11.2. The number of halogens is 1. The minimum absolute atomic E-state index is 0.548. The number of hydrogen-bond acceptors (Lipinski definition) is 4. The van der Waals surface area contributed by atoms with E-state index in [9.17, 15) is 0 Å². The minimum Gasteiger partial charge on any atom is -0.302 e. The van der Waals surface area contributed by atoms with Gasteiger partial charge in [0.05, 0.1) is 5.52 Å². The van der Waals surface area contributed by atoms with Gasteiger partial charge in [0.15, 0.2) is 11.0 Å². The molecule has 0 bridgehead atoms. The molecule has 6 heteroatoms. The Balaban J connectivity index is 1.61. The zero-order valence-corrected chi connectivity index (χ0v) is 16.8. The highest BCUT2D eigenvalue weighted by atomic mass is 35.5. The average molecular weight is 395 g/mol. The monoisotopic (exact) mass is 394 g/mol. The molecule has 0 atom stereocenters. The van der Waals surface area contributed by atoms with Crippen LogP contribution in [0.5, 0.6) is 0 Å². The van der Waals surface area contributed by atoms with Crippen molar-refractivity contribution in [3.63, 3.8) is 0 Å². The molecule has 0 amide bonds. The van der Waals surface area contributed by atoms with E-state index < -0.39 is 0 Å². The molecule has 0 N–H and O–H groups in total. The van der Waals surface area contributed by atoms with Crippen LogP contribution in [0.4, 0.5) is 0 Å². The molecule has 0 aliphatic heterocycles. The van der Waals surface area contributed by atoms with Crippen LogP contribution in [-0.2, 0) is 12.3 Å². The maximum absolute atomic E-state index is 6.43. The number of aromatic nitrogens is 4. The summed E-state index contributed by atoms with van der Waals surface area (Å²) in [5, 5.41) is 11.3. The topological polar surface area (TPSA) is 43.6 Å². The maximum atomic E-state index is 6.43. The van der Waals surface area contributed by atoms with Crippen LogP contribution in [0.1, 0.15) is 18.1 Å². The van der Waals surface area contributed by atoms with E-state index in [1.165, 1.54) is 5.56 Å². The maximum Gasteiger partial charge on any atom is 0.191 e. The highest BCUT2D eigenvalue weighted by Gasteiger charge is 2.14. The molecule has 4 aromatic rings. The second kappa shape index (κ2) is 7.71. The van der Waals surface area contributed by atoms with Gasteiger partial charge in [-0.05, 0) is 31.5 Å². The summed E-state index contributed by atoms with van der Waals surface area (Å²) >= 11 is 8.06. The third-order valence-corrected chi connectivity index (χ3v) is 5.76. The lowest BCUT2D eigenvalue weighted by molar-refractivity contribution is 0.687. The van der Waals surface area contributed by atoms with Crippen LogP contribution in [0, 0.1) is 6.92 Å². The van der Waals surface area contributed by atoms with Crippen molar-refractivity contribution in [2.45, 2.75) is 31.3 Å². The van der Waals surface area contributed by atoms with Crippen LogP contribution >= 0.6 is 23.4 Å². The van der Waals surface area contributed by atoms with Crippen molar-refractivity contribution in [2.75, 3.05) is 0 Å². The van der Waals surface area contributed by atoms with Gasteiger partial charge in [-0.3, -0.25) is 0 Å². The Labute approximate surface area is 167 Å². The lowest BCUT2D eigenvalue weighted by Gasteiger charge is -2.09. The number of nitrogens with zero attached hydrogens (tertiary/aromatic N) is 4. The quantitative estimate of drug-likeness (QED) is 0.318. The van der Waals surface area contributed by atoms with Gasteiger partial charge in [0.25, 0.3) is 0 Å². The van der Waals surface area contributed by atoms with Gasteiger partial charge in [-0.2, -0.15) is 0 Å². The van der Waals surface area contributed by atoms with E-state index in [1.807, 2.05) is 18.2 Å². The minimum atomic E-state index is 0.548. The Hall–Kier alpha value is -2.37. The van der Waals surface area contributed by atoms with E-state index in [2.05, 4.69) is 70.0 Å². The first-order valence-electron chi connectivity index (χ1n) is 8.83. The predicted molar refractivity (Wildman–Crippen MR) is 112 cm³/mol. The van der Waals surface area contributed by atoms with Crippen LogP contribution in [-0.4, -0.2) is 19.7 Å². The largest absolute Gasteiger partial charge is 0.302 e.